The maximum Gasteiger partial charge on any atom is 0.266 e. The number of hydrogen-bond acceptors (Lipinski definition) is 3. The molecule has 0 unspecified atom stereocenters. The maximum atomic E-state index is 11.8. The van der Waals surface area contributed by atoms with Crippen LogP contribution >= 0.6 is 0 Å². The van der Waals surface area contributed by atoms with Crippen LogP contribution in [0.3, 0.4) is 0 Å². The first-order chi connectivity index (χ1) is 8.27. The first-order valence-corrected chi connectivity index (χ1v) is 5.38. The van der Waals surface area contributed by atoms with Crippen molar-refractivity contribution < 1.29 is 4.79 Å². The van der Waals surface area contributed by atoms with Crippen LogP contribution in [0.1, 0.15) is 16.8 Å². The molecular formula is C13H12N2O2. The van der Waals surface area contributed by atoms with E-state index in [2.05, 4.69) is 5.10 Å². The Balaban J connectivity index is 2.02. The van der Waals surface area contributed by atoms with Crippen LogP contribution < -0.4 is 5.56 Å². The minimum Gasteiger partial charge on any atom is -0.294 e. The number of carbonyl (C=O) groups is 1. The van der Waals surface area contributed by atoms with Crippen LogP contribution in [0.25, 0.3) is 0 Å². The Kier molecular flexibility index (Phi) is 3.45. The molecule has 4 heteroatoms. The Labute approximate surface area is 98.5 Å². The molecular weight excluding hydrogens is 216 g/mol. The molecule has 0 N–H and O–H groups in total. The molecule has 1 aromatic carbocycles. The van der Waals surface area contributed by atoms with Crippen LogP contribution in [-0.2, 0) is 6.54 Å². The van der Waals surface area contributed by atoms with Crippen LogP contribution in [0.4, 0.5) is 0 Å². The zero-order valence-electron chi connectivity index (χ0n) is 9.24. The fourth-order valence-corrected chi connectivity index (χ4v) is 1.53. The van der Waals surface area contributed by atoms with Crippen molar-refractivity contribution >= 4 is 5.78 Å². The summed E-state index contributed by atoms with van der Waals surface area (Å²) in [4.78, 5) is 23.1. The lowest BCUT2D eigenvalue weighted by molar-refractivity contribution is 0.0975. The van der Waals surface area contributed by atoms with E-state index < -0.39 is 0 Å². The average molecular weight is 228 g/mol. The summed E-state index contributed by atoms with van der Waals surface area (Å²) in [6, 6.07) is 12.0. The smallest absolute Gasteiger partial charge is 0.266 e. The van der Waals surface area contributed by atoms with Crippen LogP contribution in [-0.4, -0.2) is 15.6 Å². The van der Waals surface area contributed by atoms with Gasteiger partial charge in [0.05, 0.1) is 6.54 Å². The molecule has 0 saturated heterocycles. The van der Waals surface area contributed by atoms with Crippen LogP contribution in [0, 0.1) is 0 Å². The van der Waals surface area contributed by atoms with Crippen molar-refractivity contribution in [2.24, 2.45) is 0 Å². The zero-order chi connectivity index (χ0) is 12.1. The highest BCUT2D eigenvalue weighted by Crippen LogP contribution is 2.03. The van der Waals surface area contributed by atoms with Crippen LogP contribution in [0.2, 0.25) is 0 Å². The lowest BCUT2D eigenvalue weighted by Gasteiger charge is -2.03. The van der Waals surface area contributed by atoms with E-state index in [1.54, 1.807) is 18.2 Å². The van der Waals surface area contributed by atoms with Gasteiger partial charge in [-0.05, 0) is 6.07 Å². The Hall–Kier alpha value is -2.23. The molecule has 1 aromatic heterocycles. The van der Waals surface area contributed by atoms with E-state index in [1.165, 1.54) is 16.9 Å². The number of hydrogen-bond donors (Lipinski definition) is 0. The molecule has 4 nitrogen and oxygen atoms in total. The molecule has 0 aliphatic heterocycles. The van der Waals surface area contributed by atoms with Crippen LogP contribution in [0.5, 0.6) is 0 Å². The summed E-state index contributed by atoms with van der Waals surface area (Å²) in [5, 5.41) is 3.90. The van der Waals surface area contributed by atoms with Crippen molar-refractivity contribution in [3.8, 4) is 0 Å². The molecule has 17 heavy (non-hydrogen) atoms. The van der Waals surface area contributed by atoms with Gasteiger partial charge in [-0.3, -0.25) is 9.59 Å². The fraction of sp³-hybridized carbons (Fsp3) is 0.154. The van der Waals surface area contributed by atoms with E-state index in [4.69, 9.17) is 0 Å². The molecule has 0 fully saturated rings. The third-order valence-corrected chi connectivity index (χ3v) is 2.43. The highest BCUT2D eigenvalue weighted by atomic mass is 16.1. The van der Waals surface area contributed by atoms with E-state index in [0.29, 0.717) is 12.1 Å². The molecule has 0 atom stereocenters. The Morgan fingerprint density at radius 2 is 1.88 bits per heavy atom. The second-order valence-electron chi connectivity index (χ2n) is 3.62. The van der Waals surface area contributed by atoms with Gasteiger partial charge in [0.25, 0.3) is 5.56 Å². The first kappa shape index (κ1) is 11.3. The van der Waals surface area contributed by atoms with Gasteiger partial charge in [-0.25, -0.2) is 4.68 Å². The number of nitrogens with zero attached hydrogens (tertiary/aromatic N) is 2. The molecule has 2 rings (SSSR count). The van der Waals surface area contributed by atoms with Gasteiger partial charge in [0.1, 0.15) is 0 Å². The normalized spacial score (nSPS) is 10.1. The van der Waals surface area contributed by atoms with Crippen molar-refractivity contribution in [1.82, 2.24) is 9.78 Å². The second kappa shape index (κ2) is 5.21. The highest BCUT2D eigenvalue weighted by Gasteiger charge is 2.05. The third kappa shape index (κ3) is 2.87. The van der Waals surface area contributed by atoms with Crippen molar-refractivity contribution in [2.45, 2.75) is 13.0 Å². The van der Waals surface area contributed by atoms with Gasteiger partial charge in [0, 0.05) is 24.2 Å². The molecule has 2 aromatic rings. The molecule has 0 radical (unpaired) electrons. The van der Waals surface area contributed by atoms with Gasteiger partial charge in [-0.2, -0.15) is 5.10 Å². The maximum absolute atomic E-state index is 11.8. The zero-order valence-corrected chi connectivity index (χ0v) is 9.24. The van der Waals surface area contributed by atoms with Gasteiger partial charge in [0.2, 0.25) is 0 Å². The number of aromatic nitrogens is 2. The Bertz CT molecular complexity index is 561. The lowest BCUT2D eigenvalue weighted by Crippen LogP contribution is -2.22. The van der Waals surface area contributed by atoms with E-state index in [1.807, 2.05) is 18.2 Å². The van der Waals surface area contributed by atoms with Gasteiger partial charge in [-0.1, -0.05) is 30.3 Å². The third-order valence-electron chi connectivity index (χ3n) is 2.43. The molecule has 0 aliphatic carbocycles. The Morgan fingerprint density at radius 1 is 1.12 bits per heavy atom. The topological polar surface area (TPSA) is 52.0 Å². The van der Waals surface area contributed by atoms with Gasteiger partial charge in [-0.15, -0.1) is 0 Å². The average Bonchev–Trinajstić information content (AvgIpc) is 2.38. The molecule has 0 bridgehead atoms. The fourth-order valence-electron chi connectivity index (χ4n) is 1.53. The monoisotopic (exact) mass is 228 g/mol. The molecule has 1 heterocycles. The predicted molar refractivity (Wildman–Crippen MR) is 63.9 cm³/mol. The summed E-state index contributed by atoms with van der Waals surface area (Å²) in [7, 11) is 0. The molecule has 0 saturated carbocycles. The second-order valence-corrected chi connectivity index (χ2v) is 3.62. The van der Waals surface area contributed by atoms with Gasteiger partial charge < -0.3 is 0 Å². The summed E-state index contributed by atoms with van der Waals surface area (Å²) >= 11 is 0. The molecule has 0 aliphatic rings. The predicted octanol–water partition coefficient (Wildman–Crippen LogP) is 1.52. The van der Waals surface area contributed by atoms with E-state index in [0.717, 1.165) is 0 Å². The molecule has 0 spiro atoms. The number of benzene rings is 1. The van der Waals surface area contributed by atoms with Gasteiger partial charge >= 0.3 is 0 Å². The molecule has 86 valence electrons. The van der Waals surface area contributed by atoms with E-state index in [9.17, 15) is 9.59 Å². The summed E-state index contributed by atoms with van der Waals surface area (Å²) in [5.74, 6) is 0.0168. The summed E-state index contributed by atoms with van der Waals surface area (Å²) < 4.78 is 1.29. The van der Waals surface area contributed by atoms with Crippen LogP contribution in [0.15, 0.2) is 53.5 Å². The highest BCUT2D eigenvalue weighted by molar-refractivity contribution is 5.95. The number of carbonyl (C=O) groups excluding carboxylic acids is 1. The van der Waals surface area contributed by atoms with E-state index >= 15 is 0 Å². The number of Topliss-reactive ketones (excluding diaryl/α,β-unsaturated/α-hetero) is 1. The minimum absolute atomic E-state index is 0.0168. The van der Waals surface area contributed by atoms with Gasteiger partial charge in [0.15, 0.2) is 5.78 Å². The van der Waals surface area contributed by atoms with Crippen molar-refractivity contribution in [2.75, 3.05) is 0 Å². The summed E-state index contributed by atoms with van der Waals surface area (Å²) in [6.45, 7) is 0.313. The first-order valence-electron chi connectivity index (χ1n) is 5.38. The number of aryl methyl sites for hydroxylation is 1. The quantitative estimate of drug-likeness (QED) is 0.745. The largest absolute Gasteiger partial charge is 0.294 e. The summed E-state index contributed by atoms with van der Waals surface area (Å²) in [6.07, 6.45) is 1.81. The van der Waals surface area contributed by atoms with Crippen molar-refractivity contribution in [3.05, 3.63) is 64.6 Å². The molecule has 0 amide bonds. The van der Waals surface area contributed by atoms with E-state index in [-0.39, 0.29) is 17.8 Å². The summed E-state index contributed by atoms with van der Waals surface area (Å²) in [5.41, 5.74) is 0.477. The minimum atomic E-state index is -0.187. The lowest BCUT2D eigenvalue weighted by atomic mass is 10.1. The van der Waals surface area contributed by atoms with Crippen molar-refractivity contribution in [3.63, 3.8) is 0 Å². The SMILES string of the molecule is O=C(CCn1ncccc1=O)c1ccccc1. The Morgan fingerprint density at radius 3 is 2.59 bits per heavy atom. The standard InChI is InChI=1S/C13H12N2O2/c16-12(11-5-2-1-3-6-11)8-10-15-13(17)7-4-9-14-15/h1-7,9H,8,10H2. The number of ketones is 1. The number of rotatable bonds is 4. The van der Waals surface area contributed by atoms with Crippen molar-refractivity contribution in [1.29, 1.82) is 0 Å².